The molecule has 0 atom stereocenters. The number of nitro benzene ring substituents is 1. The van der Waals surface area contributed by atoms with Gasteiger partial charge in [0.2, 0.25) is 5.91 Å². The van der Waals surface area contributed by atoms with Crippen LogP contribution in [0.1, 0.15) is 24.8 Å². The van der Waals surface area contributed by atoms with Gasteiger partial charge >= 0.3 is 0 Å². The highest BCUT2D eigenvalue weighted by Gasteiger charge is 2.25. The lowest BCUT2D eigenvalue weighted by Gasteiger charge is -2.37. The van der Waals surface area contributed by atoms with E-state index in [0.717, 1.165) is 37.2 Å². The molecule has 35 heavy (non-hydrogen) atoms. The molecule has 4 rings (SSSR count). The minimum atomic E-state index is -0.297. The van der Waals surface area contributed by atoms with Gasteiger partial charge in [-0.3, -0.25) is 20.2 Å². The van der Waals surface area contributed by atoms with Crippen molar-refractivity contribution in [2.45, 2.75) is 19.3 Å². The summed E-state index contributed by atoms with van der Waals surface area (Å²) in [5, 5.41) is 15.4. The zero-order chi connectivity index (χ0) is 24.8. The molecule has 0 aromatic heterocycles. The molecule has 10 heteroatoms. The van der Waals surface area contributed by atoms with Gasteiger partial charge in [-0.2, -0.15) is 0 Å². The van der Waals surface area contributed by atoms with Gasteiger partial charge in [0.15, 0.2) is 5.11 Å². The predicted molar refractivity (Wildman–Crippen MR) is 144 cm³/mol. The standard InChI is InChI=1S/C25H28ClN5O3S/c26-20-7-4-19(5-8-20)6-11-24(32)27-25(35)30-16-14-28(15-17-30)21-9-10-22(31(33)34)23(18-21)29-12-2-1-3-13-29/h4-11,18H,1-3,12-17H2,(H,27,32,35). The molecule has 2 aromatic rings. The van der Waals surface area contributed by atoms with Crippen LogP contribution in [-0.2, 0) is 4.79 Å². The number of halogens is 1. The number of thiocarbonyl (C=S) groups is 1. The highest BCUT2D eigenvalue weighted by molar-refractivity contribution is 7.80. The van der Waals surface area contributed by atoms with Crippen LogP contribution in [0.2, 0.25) is 5.02 Å². The van der Waals surface area contributed by atoms with E-state index in [1.807, 2.05) is 29.2 Å². The Kier molecular flexibility index (Phi) is 8.20. The molecule has 0 aliphatic carbocycles. The second-order valence-electron chi connectivity index (χ2n) is 8.63. The molecule has 2 aliphatic rings. The lowest BCUT2D eigenvalue weighted by Crippen LogP contribution is -2.52. The first-order valence-electron chi connectivity index (χ1n) is 11.7. The number of piperazine rings is 1. The van der Waals surface area contributed by atoms with Crippen LogP contribution in [0.4, 0.5) is 17.1 Å². The fourth-order valence-electron chi connectivity index (χ4n) is 4.39. The number of benzene rings is 2. The second-order valence-corrected chi connectivity index (χ2v) is 9.45. The van der Waals surface area contributed by atoms with E-state index in [1.165, 1.54) is 12.5 Å². The van der Waals surface area contributed by atoms with Crippen molar-refractivity contribution < 1.29 is 9.72 Å². The topological polar surface area (TPSA) is 82.0 Å². The average Bonchev–Trinajstić information content (AvgIpc) is 2.88. The predicted octanol–water partition coefficient (Wildman–Crippen LogP) is 4.48. The van der Waals surface area contributed by atoms with Crippen LogP contribution in [-0.4, -0.2) is 60.1 Å². The first-order valence-corrected chi connectivity index (χ1v) is 12.5. The number of nitrogens with one attached hydrogen (secondary N) is 1. The zero-order valence-corrected chi connectivity index (χ0v) is 20.9. The summed E-state index contributed by atoms with van der Waals surface area (Å²) in [7, 11) is 0. The number of nitrogens with zero attached hydrogens (tertiary/aromatic N) is 4. The third kappa shape index (κ3) is 6.49. The van der Waals surface area contributed by atoms with E-state index in [9.17, 15) is 14.9 Å². The van der Waals surface area contributed by atoms with E-state index in [4.69, 9.17) is 23.8 Å². The summed E-state index contributed by atoms with van der Waals surface area (Å²) in [6, 6.07) is 12.6. The third-order valence-corrected chi connectivity index (χ3v) is 6.92. The van der Waals surface area contributed by atoms with Crippen molar-refractivity contribution in [3.63, 3.8) is 0 Å². The van der Waals surface area contributed by atoms with Crippen LogP contribution < -0.4 is 15.1 Å². The van der Waals surface area contributed by atoms with Crippen LogP contribution in [0.25, 0.3) is 6.08 Å². The normalized spacial score (nSPS) is 16.4. The fraction of sp³-hybridized carbons (Fsp3) is 0.360. The Labute approximate surface area is 215 Å². The lowest BCUT2D eigenvalue weighted by molar-refractivity contribution is -0.384. The number of amides is 1. The highest BCUT2D eigenvalue weighted by Crippen LogP contribution is 2.34. The molecule has 2 fully saturated rings. The van der Waals surface area contributed by atoms with Gasteiger partial charge in [-0.15, -0.1) is 0 Å². The summed E-state index contributed by atoms with van der Waals surface area (Å²) >= 11 is 11.3. The second kappa shape index (κ2) is 11.5. The molecule has 184 valence electrons. The molecule has 8 nitrogen and oxygen atoms in total. The molecule has 1 amide bonds. The van der Waals surface area contributed by atoms with Crippen LogP contribution in [0.5, 0.6) is 0 Å². The van der Waals surface area contributed by atoms with Gasteiger partial charge in [-0.05, 0) is 67.4 Å². The van der Waals surface area contributed by atoms with Gasteiger partial charge in [0, 0.05) is 62.1 Å². The van der Waals surface area contributed by atoms with E-state index in [1.54, 1.807) is 24.3 Å². The quantitative estimate of drug-likeness (QED) is 0.273. The maximum Gasteiger partial charge on any atom is 0.292 e. The van der Waals surface area contributed by atoms with Crippen molar-refractivity contribution in [3.05, 3.63) is 69.2 Å². The van der Waals surface area contributed by atoms with Crippen molar-refractivity contribution in [1.29, 1.82) is 0 Å². The summed E-state index contributed by atoms with van der Waals surface area (Å²) in [5.41, 5.74) is 2.70. The van der Waals surface area contributed by atoms with Crippen molar-refractivity contribution in [2.75, 3.05) is 49.1 Å². The Morgan fingerprint density at radius 1 is 0.971 bits per heavy atom. The van der Waals surface area contributed by atoms with Crippen molar-refractivity contribution in [3.8, 4) is 0 Å². The largest absolute Gasteiger partial charge is 0.368 e. The number of carbonyl (C=O) groups is 1. The molecule has 0 saturated carbocycles. The van der Waals surface area contributed by atoms with Gasteiger partial charge in [-0.25, -0.2) is 0 Å². The van der Waals surface area contributed by atoms with Gasteiger partial charge in [0.1, 0.15) is 5.69 Å². The van der Waals surface area contributed by atoms with Crippen molar-refractivity contribution >= 4 is 58.0 Å². The number of hydrogen-bond acceptors (Lipinski definition) is 6. The number of hydrogen-bond donors (Lipinski definition) is 1. The molecular weight excluding hydrogens is 486 g/mol. The van der Waals surface area contributed by atoms with E-state index in [2.05, 4.69) is 15.1 Å². The smallest absolute Gasteiger partial charge is 0.292 e. The van der Waals surface area contributed by atoms with Crippen LogP contribution >= 0.6 is 23.8 Å². The lowest BCUT2D eigenvalue weighted by atomic mass is 10.1. The SMILES string of the molecule is O=C(C=Cc1ccc(Cl)cc1)NC(=S)N1CCN(c2ccc([N+](=O)[O-])c(N3CCCCC3)c2)CC1. The molecule has 0 unspecified atom stereocenters. The zero-order valence-electron chi connectivity index (χ0n) is 19.4. The molecule has 1 N–H and O–H groups in total. The van der Waals surface area contributed by atoms with E-state index < -0.39 is 0 Å². The molecule has 0 radical (unpaired) electrons. The molecule has 0 bridgehead atoms. The maximum atomic E-state index is 12.3. The van der Waals surface area contributed by atoms with E-state index >= 15 is 0 Å². The van der Waals surface area contributed by atoms with Gasteiger partial charge in [-0.1, -0.05) is 23.7 Å². The summed E-state index contributed by atoms with van der Waals surface area (Å²) in [5.74, 6) is -0.283. The number of carbonyl (C=O) groups excluding carboxylic acids is 1. The van der Waals surface area contributed by atoms with Gasteiger partial charge in [0.25, 0.3) is 5.69 Å². The Bertz CT molecular complexity index is 1110. The van der Waals surface area contributed by atoms with Crippen LogP contribution in [0, 0.1) is 10.1 Å². The Hall–Kier alpha value is -3.17. The van der Waals surface area contributed by atoms with E-state index in [-0.39, 0.29) is 16.5 Å². The first kappa shape index (κ1) is 24.9. The minimum absolute atomic E-state index is 0.157. The van der Waals surface area contributed by atoms with Crippen LogP contribution in [0.3, 0.4) is 0 Å². The molecular formula is C25H28ClN5O3S. The minimum Gasteiger partial charge on any atom is -0.368 e. The molecule has 2 aromatic carbocycles. The summed E-state index contributed by atoms with van der Waals surface area (Å²) in [6.07, 6.45) is 6.43. The Balaban J connectivity index is 1.34. The molecule has 0 spiro atoms. The number of rotatable bonds is 5. The number of piperidine rings is 1. The number of nitro groups is 1. The molecule has 2 saturated heterocycles. The fourth-order valence-corrected chi connectivity index (χ4v) is 4.80. The van der Waals surface area contributed by atoms with Gasteiger partial charge in [0.05, 0.1) is 4.92 Å². The Morgan fingerprint density at radius 2 is 1.66 bits per heavy atom. The average molecular weight is 514 g/mol. The Morgan fingerprint density at radius 3 is 2.31 bits per heavy atom. The maximum absolute atomic E-state index is 12.3. The summed E-state index contributed by atoms with van der Waals surface area (Å²) in [4.78, 5) is 29.9. The highest BCUT2D eigenvalue weighted by atomic mass is 35.5. The third-order valence-electron chi connectivity index (χ3n) is 6.31. The molecule has 2 heterocycles. The number of anilines is 2. The van der Waals surface area contributed by atoms with Crippen molar-refractivity contribution in [1.82, 2.24) is 10.2 Å². The van der Waals surface area contributed by atoms with Crippen LogP contribution in [0.15, 0.2) is 48.5 Å². The summed E-state index contributed by atoms with van der Waals surface area (Å²) < 4.78 is 0. The first-order chi connectivity index (χ1) is 16.9. The van der Waals surface area contributed by atoms with Crippen molar-refractivity contribution in [2.24, 2.45) is 0 Å². The molecule has 2 aliphatic heterocycles. The monoisotopic (exact) mass is 513 g/mol. The van der Waals surface area contributed by atoms with Gasteiger partial charge < -0.3 is 14.7 Å². The summed E-state index contributed by atoms with van der Waals surface area (Å²) in [6.45, 7) is 4.39. The van der Waals surface area contributed by atoms with E-state index in [0.29, 0.717) is 42.0 Å².